The van der Waals surface area contributed by atoms with Gasteiger partial charge in [-0.25, -0.2) is 0 Å². The fourth-order valence-corrected chi connectivity index (χ4v) is 4.43. The van der Waals surface area contributed by atoms with Gasteiger partial charge in [-0.2, -0.15) is 5.26 Å². The van der Waals surface area contributed by atoms with Crippen LogP contribution in [0.15, 0.2) is 28.1 Å². The third-order valence-electron chi connectivity index (χ3n) is 3.48. The largest absolute Gasteiger partial charge is 0.352 e. The summed E-state index contributed by atoms with van der Waals surface area (Å²) in [5, 5.41) is 14.2. The zero-order chi connectivity index (χ0) is 16.8. The van der Waals surface area contributed by atoms with Crippen molar-refractivity contribution in [2.45, 2.75) is 31.9 Å². The average Bonchev–Trinajstić information content (AvgIpc) is 3.15. The van der Waals surface area contributed by atoms with Gasteiger partial charge in [0.15, 0.2) is 0 Å². The molecule has 1 saturated heterocycles. The minimum absolute atomic E-state index is 0.0129. The molecule has 1 aromatic heterocycles. The molecule has 0 radical (unpaired) electrons. The molecule has 2 amide bonds. The first-order valence-corrected chi connectivity index (χ1v) is 9.31. The van der Waals surface area contributed by atoms with E-state index in [9.17, 15) is 14.9 Å². The molecule has 23 heavy (non-hydrogen) atoms. The fraction of sp³-hybridized carbons (Fsp3) is 0.438. The Labute approximate surface area is 144 Å². The van der Waals surface area contributed by atoms with E-state index in [4.69, 9.17) is 0 Å². The average molecular weight is 349 g/mol. The quantitative estimate of drug-likeness (QED) is 0.633. The number of rotatable bonds is 6. The maximum absolute atomic E-state index is 12.5. The number of carbonyl (C=O) groups is 2. The molecular weight excluding hydrogens is 330 g/mol. The van der Waals surface area contributed by atoms with Gasteiger partial charge in [-0.1, -0.05) is 17.8 Å². The molecule has 1 atom stereocenters. The van der Waals surface area contributed by atoms with E-state index in [1.54, 1.807) is 23.2 Å². The first-order valence-electron chi connectivity index (χ1n) is 7.55. The predicted molar refractivity (Wildman–Crippen MR) is 92.7 cm³/mol. The Hall–Kier alpha value is -1.78. The summed E-state index contributed by atoms with van der Waals surface area (Å²) in [7, 11) is 0. The Morgan fingerprint density at radius 2 is 2.26 bits per heavy atom. The van der Waals surface area contributed by atoms with Crippen LogP contribution in [0, 0.1) is 11.3 Å². The molecule has 5 nitrogen and oxygen atoms in total. The Kier molecular flexibility index (Phi) is 6.25. The van der Waals surface area contributed by atoms with Crippen molar-refractivity contribution >= 4 is 34.9 Å². The second-order valence-corrected chi connectivity index (χ2v) is 7.18. The van der Waals surface area contributed by atoms with E-state index in [0.29, 0.717) is 24.5 Å². The van der Waals surface area contributed by atoms with Crippen LogP contribution in [0.3, 0.4) is 0 Å². The maximum atomic E-state index is 12.5. The molecule has 7 heteroatoms. The number of nitriles is 1. The molecule has 1 aliphatic heterocycles. The highest BCUT2D eigenvalue weighted by Gasteiger charge is 2.38. The van der Waals surface area contributed by atoms with E-state index < -0.39 is 5.91 Å². The van der Waals surface area contributed by atoms with Gasteiger partial charge in [-0.15, -0.1) is 11.3 Å². The summed E-state index contributed by atoms with van der Waals surface area (Å²) in [5.41, 5.74) is 0.0330. The highest BCUT2D eigenvalue weighted by atomic mass is 32.2. The second-order valence-electron chi connectivity index (χ2n) is 4.96. The lowest BCUT2D eigenvalue weighted by atomic mass is 10.2. The lowest BCUT2D eigenvalue weighted by Gasteiger charge is -2.15. The zero-order valence-corrected chi connectivity index (χ0v) is 14.8. The summed E-state index contributed by atoms with van der Waals surface area (Å²) < 4.78 is 0. The molecule has 0 bridgehead atoms. The molecule has 1 N–H and O–H groups in total. The third kappa shape index (κ3) is 3.95. The van der Waals surface area contributed by atoms with Gasteiger partial charge in [0.05, 0.1) is 5.25 Å². The Bertz CT molecular complexity index is 647. The van der Waals surface area contributed by atoms with Crippen LogP contribution in [0.25, 0.3) is 0 Å². The van der Waals surface area contributed by atoms with Gasteiger partial charge in [0.25, 0.3) is 5.91 Å². The van der Waals surface area contributed by atoms with E-state index in [2.05, 4.69) is 11.4 Å². The molecule has 1 fully saturated rings. The van der Waals surface area contributed by atoms with Crippen molar-refractivity contribution < 1.29 is 9.59 Å². The molecular formula is C16H19N3O2S2. The molecule has 122 valence electrons. The molecule has 2 heterocycles. The smallest absolute Gasteiger partial charge is 0.264 e. The van der Waals surface area contributed by atoms with Crippen LogP contribution in [0.2, 0.25) is 0 Å². The molecule has 0 aromatic carbocycles. The summed E-state index contributed by atoms with van der Waals surface area (Å²) in [5.74, 6) is -0.427. The highest BCUT2D eigenvalue weighted by molar-refractivity contribution is 8.04. The van der Waals surface area contributed by atoms with Gasteiger partial charge in [0.1, 0.15) is 16.7 Å². The molecule has 1 aromatic rings. The van der Waals surface area contributed by atoms with Crippen molar-refractivity contribution in [3.05, 3.63) is 33.0 Å². The third-order valence-corrected chi connectivity index (χ3v) is 5.79. The normalized spacial score (nSPS) is 19.6. The fourth-order valence-electron chi connectivity index (χ4n) is 2.37. The molecule has 1 unspecified atom stereocenters. The van der Waals surface area contributed by atoms with E-state index in [0.717, 1.165) is 6.42 Å². The number of aryl methyl sites for hydroxylation is 1. The number of likely N-dealkylation sites (N-methyl/N-ethyl adjacent to an activating group) is 1. The topological polar surface area (TPSA) is 73.2 Å². The van der Waals surface area contributed by atoms with Crippen LogP contribution in [-0.2, 0) is 16.0 Å². The van der Waals surface area contributed by atoms with Gasteiger partial charge in [0, 0.05) is 18.0 Å². The number of hydrogen-bond acceptors (Lipinski definition) is 5. The lowest BCUT2D eigenvalue weighted by Crippen LogP contribution is -2.31. The van der Waals surface area contributed by atoms with Crippen molar-refractivity contribution in [2.75, 3.05) is 13.1 Å². The molecule has 0 spiro atoms. The van der Waals surface area contributed by atoms with E-state index >= 15 is 0 Å². The van der Waals surface area contributed by atoms with Crippen LogP contribution in [0.1, 0.15) is 25.1 Å². The van der Waals surface area contributed by atoms with Crippen LogP contribution in [0.5, 0.6) is 0 Å². The number of nitrogens with zero attached hydrogens (tertiary/aromatic N) is 2. The van der Waals surface area contributed by atoms with E-state index in [1.165, 1.54) is 16.6 Å². The number of nitrogens with one attached hydrogen (secondary N) is 1. The maximum Gasteiger partial charge on any atom is 0.264 e. The summed E-state index contributed by atoms with van der Waals surface area (Å²) in [6, 6.07) is 6.01. The summed E-state index contributed by atoms with van der Waals surface area (Å²) >= 11 is 3.01. The van der Waals surface area contributed by atoms with Crippen molar-refractivity contribution in [3.8, 4) is 6.07 Å². The minimum Gasteiger partial charge on any atom is -0.352 e. The number of hydrogen-bond donors (Lipinski definition) is 1. The Morgan fingerprint density at radius 3 is 2.83 bits per heavy atom. The summed E-state index contributed by atoms with van der Waals surface area (Å²) in [6.45, 7) is 4.56. The Morgan fingerprint density at radius 1 is 1.48 bits per heavy atom. The molecule has 2 rings (SSSR count). The van der Waals surface area contributed by atoms with E-state index in [1.807, 2.05) is 24.4 Å². The van der Waals surface area contributed by atoms with Crippen molar-refractivity contribution in [1.82, 2.24) is 10.2 Å². The predicted octanol–water partition coefficient (Wildman–Crippen LogP) is 2.52. The number of thiophene rings is 1. The molecule has 1 aliphatic rings. The lowest BCUT2D eigenvalue weighted by molar-refractivity contribution is -0.127. The molecule has 0 aliphatic carbocycles. The number of thioether (sulfide) groups is 1. The number of carbonyl (C=O) groups excluding carboxylic acids is 2. The zero-order valence-electron chi connectivity index (χ0n) is 13.2. The van der Waals surface area contributed by atoms with Crippen LogP contribution >= 0.6 is 23.1 Å². The monoisotopic (exact) mass is 349 g/mol. The summed E-state index contributed by atoms with van der Waals surface area (Å²) in [6.07, 6.45) is 1.53. The minimum atomic E-state index is -0.414. The summed E-state index contributed by atoms with van der Waals surface area (Å²) in [4.78, 5) is 27.4. The van der Waals surface area contributed by atoms with E-state index in [-0.39, 0.29) is 16.7 Å². The van der Waals surface area contributed by atoms with Gasteiger partial charge >= 0.3 is 0 Å². The van der Waals surface area contributed by atoms with Crippen molar-refractivity contribution in [2.24, 2.45) is 0 Å². The highest BCUT2D eigenvalue weighted by Crippen LogP contribution is 2.39. The van der Waals surface area contributed by atoms with Crippen LogP contribution in [0.4, 0.5) is 0 Å². The first-order chi connectivity index (χ1) is 11.1. The first kappa shape index (κ1) is 17.6. The van der Waals surface area contributed by atoms with Gasteiger partial charge in [-0.3, -0.25) is 9.59 Å². The number of amides is 2. The Balaban J connectivity index is 2.19. The SMILES string of the molecule is CCNC(=O)/C(C#N)=C1\SC(CCc2cccs2)C(=O)N1CC. The van der Waals surface area contributed by atoms with Gasteiger partial charge in [0.2, 0.25) is 5.91 Å². The standard InChI is InChI=1S/C16H19N3O2S2/c1-3-18-14(20)12(10-17)16-19(4-2)15(21)13(23-16)8-7-11-6-5-9-22-11/h5-6,9,13H,3-4,7-8H2,1-2H3,(H,18,20)/b16-12-. The van der Waals surface area contributed by atoms with Crippen molar-refractivity contribution in [3.63, 3.8) is 0 Å². The van der Waals surface area contributed by atoms with Crippen LogP contribution < -0.4 is 5.32 Å². The molecule has 0 saturated carbocycles. The van der Waals surface area contributed by atoms with Gasteiger partial charge < -0.3 is 10.2 Å². The second kappa shape index (κ2) is 8.18. The van der Waals surface area contributed by atoms with Crippen molar-refractivity contribution in [1.29, 1.82) is 5.26 Å². The van der Waals surface area contributed by atoms with Crippen LogP contribution in [-0.4, -0.2) is 35.1 Å². The van der Waals surface area contributed by atoms with Gasteiger partial charge in [-0.05, 0) is 38.1 Å².